The molecule has 8 heteroatoms. The molecular formula is C26H28ClNO6. The van der Waals surface area contributed by atoms with Crippen LogP contribution in [0.1, 0.15) is 60.0 Å². The Hall–Kier alpha value is -3.03. The maximum Gasteiger partial charge on any atom is 0.290 e. The number of halogens is 1. The van der Waals surface area contributed by atoms with Crippen molar-refractivity contribution < 1.29 is 23.8 Å². The molecule has 1 amide bonds. The SMILES string of the molecule is CCCCOc1ccc(C2c3c(oc4cc(C)c(Cl)cc4c3=O)C(=O)N2CCO)cc1OCC. The Bertz CT molecular complexity index is 1280. The third kappa shape index (κ3) is 4.26. The number of ether oxygens (including phenoxy) is 2. The number of amides is 1. The van der Waals surface area contributed by atoms with E-state index < -0.39 is 11.9 Å². The molecule has 0 spiro atoms. The molecule has 3 aromatic rings. The van der Waals surface area contributed by atoms with Gasteiger partial charge >= 0.3 is 0 Å². The summed E-state index contributed by atoms with van der Waals surface area (Å²) in [6.07, 6.45) is 1.92. The number of aliphatic hydroxyl groups is 1. The van der Waals surface area contributed by atoms with Crippen LogP contribution in [0.2, 0.25) is 5.02 Å². The van der Waals surface area contributed by atoms with E-state index in [-0.39, 0.29) is 29.9 Å². The highest BCUT2D eigenvalue weighted by atomic mass is 35.5. The minimum Gasteiger partial charge on any atom is -0.490 e. The first-order valence-electron chi connectivity index (χ1n) is 11.5. The fourth-order valence-corrected chi connectivity index (χ4v) is 4.40. The van der Waals surface area contributed by atoms with Gasteiger partial charge in [0.05, 0.1) is 36.8 Å². The van der Waals surface area contributed by atoms with Crippen molar-refractivity contribution >= 4 is 28.5 Å². The maximum atomic E-state index is 13.6. The van der Waals surface area contributed by atoms with Crippen molar-refractivity contribution in [2.75, 3.05) is 26.4 Å². The van der Waals surface area contributed by atoms with Crippen molar-refractivity contribution in [3.8, 4) is 11.5 Å². The van der Waals surface area contributed by atoms with E-state index >= 15 is 0 Å². The summed E-state index contributed by atoms with van der Waals surface area (Å²) in [5.41, 5.74) is 1.62. The van der Waals surface area contributed by atoms with Gasteiger partial charge in [0.15, 0.2) is 16.9 Å². The summed E-state index contributed by atoms with van der Waals surface area (Å²) >= 11 is 6.27. The summed E-state index contributed by atoms with van der Waals surface area (Å²) in [4.78, 5) is 28.3. The number of unbranched alkanes of at least 4 members (excludes halogenated alkanes) is 1. The van der Waals surface area contributed by atoms with Crippen LogP contribution in [0.25, 0.3) is 11.0 Å². The Morgan fingerprint density at radius 3 is 2.62 bits per heavy atom. The van der Waals surface area contributed by atoms with Crippen LogP contribution in [0, 0.1) is 6.92 Å². The topological polar surface area (TPSA) is 89.2 Å². The molecule has 0 saturated carbocycles. The molecule has 1 aromatic heterocycles. The quantitative estimate of drug-likeness (QED) is 0.435. The average molecular weight is 486 g/mol. The molecule has 180 valence electrons. The van der Waals surface area contributed by atoms with Crippen LogP contribution in [-0.4, -0.2) is 42.3 Å². The predicted octanol–water partition coefficient (Wildman–Crippen LogP) is 4.87. The summed E-state index contributed by atoms with van der Waals surface area (Å²) in [6, 6.07) is 7.88. The number of hydrogen-bond donors (Lipinski definition) is 1. The predicted molar refractivity (Wildman–Crippen MR) is 130 cm³/mol. The molecule has 0 bridgehead atoms. The third-order valence-corrected chi connectivity index (χ3v) is 6.33. The van der Waals surface area contributed by atoms with Crippen molar-refractivity contribution in [1.82, 2.24) is 4.90 Å². The van der Waals surface area contributed by atoms with Gasteiger partial charge in [-0.25, -0.2) is 0 Å². The Morgan fingerprint density at radius 2 is 1.91 bits per heavy atom. The minimum absolute atomic E-state index is 0.0149. The number of aryl methyl sites for hydroxylation is 1. The molecular weight excluding hydrogens is 458 g/mol. The smallest absolute Gasteiger partial charge is 0.290 e. The second-order valence-corrected chi connectivity index (χ2v) is 8.64. The number of β-amino-alcohol motifs (C(OH)–C–C–N with tert-alkyl or cyclic N) is 1. The highest BCUT2D eigenvalue weighted by Gasteiger charge is 2.42. The molecule has 7 nitrogen and oxygen atoms in total. The van der Waals surface area contributed by atoms with E-state index in [9.17, 15) is 14.7 Å². The van der Waals surface area contributed by atoms with E-state index in [1.54, 1.807) is 31.2 Å². The molecule has 0 fully saturated rings. The first kappa shape index (κ1) is 24.1. The Balaban J connectivity index is 1.88. The van der Waals surface area contributed by atoms with E-state index in [4.69, 9.17) is 25.5 Å². The van der Waals surface area contributed by atoms with Gasteiger partial charge in [-0.2, -0.15) is 0 Å². The Labute approximate surface area is 202 Å². The van der Waals surface area contributed by atoms with Gasteiger partial charge in [0.25, 0.3) is 5.91 Å². The highest BCUT2D eigenvalue weighted by molar-refractivity contribution is 6.32. The van der Waals surface area contributed by atoms with Gasteiger partial charge < -0.3 is 23.9 Å². The fourth-order valence-electron chi connectivity index (χ4n) is 4.23. The van der Waals surface area contributed by atoms with Crippen LogP contribution in [0.5, 0.6) is 11.5 Å². The normalized spacial score (nSPS) is 15.1. The molecule has 1 N–H and O–H groups in total. The highest BCUT2D eigenvalue weighted by Crippen LogP contribution is 2.41. The standard InChI is InChI=1S/C26H28ClNO6/c1-4-6-11-33-19-8-7-16(13-21(19)32-5-2)23-22-24(30)17-14-18(27)15(3)12-20(17)34-25(22)26(31)28(23)9-10-29/h7-8,12-14,23,29H,4-6,9-11H2,1-3H3. The van der Waals surface area contributed by atoms with E-state index in [2.05, 4.69) is 6.92 Å². The minimum atomic E-state index is -0.737. The number of aliphatic hydroxyl groups excluding tert-OH is 1. The monoisotopic (exact) mass is 485 g/mol. The van der Waals surface area contributed by atoms with Crippen LogP contribution >= 0.6 is 11.6 Å². The number of hydrogen-bond acceptors (Lipinski definition) is 6. The molecule has 0 saturated heterocycles. The van der Waals surface area contributed by atoms with Gasteiger partial charge in [-0.15, -0.1) is 0 Å². The van der Waals surface area contributed by atoms with Crippen molar-refractivity contribution in [2.45, 2.75) is 39.7 Å². The van der Waals surface area contributed by atoms with Crippen LogP contribution in [-0.2, 0) is 0 Å². The first-order chi connectivity index (χ1) is 16.4. The summed E-state index contributed by atoms with van der Waals surface area (Å²) in [5, 5.41) is 10.4. The zero-order valence-corrected chi connectivity index (χ0v) is 20.3. The molecule has 2 aromatic carbocycles. The third-order valence-electron chi connectivity index (χ3n) is 5.93. The second kappa shape index (κ2) is 10.1. The van der Waals surface area contributed by atoms with Crippen molar-refractivity contribution in [1.29, 1.82) is 0 Å². The Morgan fingerprint density at radius 1 is 1.12 bits per heavy atom. The summed E-state index contributed by atoms with van der Waals surface area (Å²) < 4.78 is 17.6. The van der Waals surface area contributed by atoms with Crippen LogP contribution < -0.4 is 14.9 Å². The number of rotatable bonds is 9. The number of carbonyl (C=O) groups is 1. The van der Waals surface area contributed by atoms with Crippen molar-refractivity contribution in [3.05, 3.63) is 68.0 Å². The Kier molecular flexibility index (Phi) is 7.14. The van der Waals surface area contributed by atoms with Gasteiger partial charge in [-0.1, -0.05) is 31.0 Å². The zero-order valence-electron chi connectivity index (χ0n) is 19.5. The average Bonchev–Trinajstić information content (AvgIpc) is 3.09. The van der Waals surface area contributed by atoms with Gasteiger partial charge in [0.2, 0.25) is 5.76 Å². The lowest BCUT2D eigenvalue weighted by Gasteiger charge is -2.25. The van der Waals surface area contributed by atoms with Crippen molar-refractivity contribution in [3.63, 3.8) is 0 Å². The van der Waals surface area contributed by atoms with Gasteiger partial charge in [-0.05, 0) is 55.7 Å². The largest absolute Gasteiger partial charge is 0.490 e. The molecule has 4 rings (SSSR count). The van der Waals surface area contributed by atoms with E-state index in [1.807, 2.05) is 13.0 Å². The van der Waals surface area contributed by atoms with E-state index in [1.165, 1.54) is 4.90 Å². The number of benzene rings is 2. The molecule has 1 aliphatic heterocycles. The number of fused-ring (bicyclic) bond motifs is 2. The molecule has 0 radical (unpaired) electrons. The zero-order chi connectivity index (χ0) is 24.4. The summed E-state index contributed by atoms with van der Waals surface area (Å²) in [6.45, 7) is 6.54. The maximum absolute atomic E-state index is 13.6. The van der Waals surface area contributed by atoms with Crippen molar-refractivity contribution in [2.24, 2.45) is 0 Å². The van der Waals surface area contributed by atoms with E-state index in [0.29, 0.717) is 46.3 Å². The summed E-state index contributed by atoms with van der Waals surface area (Å²) in [5.74, 6) is 0.677. The molecule has 34 heavy (non-hydrogen) atoms. The van der Waals surface area contributed by atoms with Gasteiger partial charge in [-0.3, -0.25) is 9.59 Å². The van der Waals surface area contributed by atoms with E-state index in [0.717, 1.165) is 18.4 Å². The lowest BCUT2D eigenvalue weighted by Crippen LogP contribution is -2.32. The second-order valence-electron chi connectivity index (χ2n) is 8.24. The molecule has 1 atom stereocenters. The molecule has 2 heterocycles. The van der Waals surface area contributed by atoms with Gasteiger partial charge in [0, 0.05) is 11.6 Å². The molecule has 1 unspecified atom stereocenters. The number of carbonyl (C=O) groups excluding carboxylic acids is 1. The van der Waals surface area contributed by atoms with Gasteiger partial charge in [0.1, 0.15) is 5.58 Å². The lowest BCUT2D eigenvalue weighted by molar-refractivity contribution is 0.0691. The molecule has 0 aliphatic carbocycles. The van der Waals surface area contributed by atoms with Crippen LogP contribution in [0.4, 0.5) is 0 Å². The first-order valence-corrected chi connectivity index (χ1v) is 11.9. The lowest BCUT2D eigenvalue weighted by atomic mass is 9.97. The summed E-state index contributed by atoms with van der Waals surface area (Å²) in [7, 11) is 0. The van der Waals surface area contributed by atoms with Crippen LogP contribution in [0.15, 0.2) is 39.5 Å². The fraction of sp³-hybridized carbons (Fsp3) is 0.385. The molecule has 1 aliphatic rings. The number of nitrogens with zero attached hydrogens (tertiary/aromatic N) is 1. The van der Waals surface area contributed by atoms with Crippen LogP contribution in [0.3, 0.4) is 0 Å².